The van der Waals surface area contributed by atoms with Gasteiger partial charge in [-0.25, -0.2) is 0 Å². The summed E-state index contributed by atoms with van der Waals surface area (Å²) in [5.41, 5.74) is 2.08. The Kier molecular flexibility index (Phi) is 5.45. The maximum absolute atomic E-state index is 10.7. The smallest absolute Gasteiger partial charge is 0.185 e. The second-order valence-electron chi connectivity index (χ2n) is 3.35. The first-order valence-electron chi connectivity index (χ1n) is 4.98. The Morgan fingerprint density at radius 3 is 2.94 bits per heavy atom. The minimum Gasteiger partial charge on any atom is -0.288 e. The maximum atomic E-state index is 10.7. The molecule has 16 heavy (non-hydrogen) atoms. The van der Waals surface area contributed by atoms with Crippen molar-refractivity contribution >= 4 is 28.5 Å². The van der Waals surface area contributed by atoms with E-state index in [9.17, 15) is 4.79 Å². The predicted octanol–water partition coefficient (Wildman–Crippen LogP) is 3.67. The van der Waals surface area contributed by atoms with Crippen LogP contribution in [0.25, 0.3) is 0 Å². The highest BCUT2D eigenvalue weighted by molar-refractivity contribution is 8.13. The summed E-state index contributed by atoms with van der Waals surface area (Å²) in [6.45, 7) is 3.57. The van der Waals surface area contributed by atoms with Crippen LogP contribution in [0.2, 0.25) is 5.02 Å². The van der Waals surface area contributed by atoms with Crippen LogP contribution in [0.5, 0.6) is 0 Å². The summed E-state index contributed by atoms with van der Waals surface area (Å²) in [5, 5.41) is 0.841. The molecule has 0 aromatic heterocycles. The van der Waals surface area contributed by atoms with Gasteiger partial charge in [0.1, 0.15) is 0 Å². The van der Waals surface area contributed by atoms with Gasteiger partial charge in [0, 0.05) is 29.7 Å². The van der Waals surface area contributed by atoms with Crippen molar-refractivity contribution in [3.63, 3.8) is 0 Å². The molecule has 0 atom stereocenters. The van der Waals surface area contributed by atoms with Gasteiger partial charge in [0.05, 0.1) is 0 Å². The molecule has 0 N–H and O–H groups in total. The molecular weight excluding hydrogens is 240 g/mol. The molecule has 84 valence electrons. The lowest BCUT2D eigenvalue weighted by molar-refractivity contribution is -0.109. The Morgan fingerprint density at radius 1 is 1.50 bits per heavy atom. The molecule has 0 saturated heterocycles. The van der Waals surface area contributed by atoms with Gasteiger partial charge >= 0.3 is 0 Å². The summed E-state index contributed by atoms with van der Waals surface area (Å²) in [4.78, 5) is 10.7. The van der Waals surface area contributed by atoms with Gasteiger partial charge in [0.15, 0.2) is 5.12 Å². The van der Waals surface area contributed by atoms with E-state index in [-0.39, 0.29) is 5.12 Å². The Bertz CT molecular complexity index is 443. The summed E-state index contributed by atoms with van der Waals surface area (Å²) in [6, 6.07) is 5.67. The molecule has 1 rings (SSSR count). The zero-order valence-corrected chi connectivity index (χ0v) is 10.9. The number of carbonyl (C=O) groups is 1. The lowest BCUT2D eigenvalue weighted by Crippen LogP contribution is -1.85. The minimum absolute atomic E-state index is 0.140. The second-order valence-corrected chi connectivity index (χ2v) is 5.06. The molecular formula is C13H13ClOS. The van der Waals surface area contributed by atoms with Crippen LogP contribution in [0.15, 0.2) is 18.2 Å². The molecule has 0 fully saturated rings. The van der Waals surface area contributed by atoms with Crippen LogP contribution in [-0.2, 0) is 4.79 Å². The zero-order valence-electron chi connectivity index (χ0n) is 9.34. The van der Waals surface area contributed by atoms with E-state index in [1.807, 2.05) is 25.1 Å². The third kappa shape index (κ3) is 4.74. The number of halogens is 1. The highest BCUT2D eigenvalue weighted by Gasteiger charge is 1.95. The van der Waals surface area contributed by atoms with E-state index in [4.69, 9.17) is 11.6 Å². The second kappa shape index (κ2) is 6.62. The predicted molar refractivity (Wildman–Crippen MR) is 70.8 cm³/mol. The van der Waals surface area contributed by atoms with Gasteiger partial charge in [-0.15, -0.1) is 0 Å². The SMILES string of the molecule is CC(=O)SCCC#Cc1cc(Cl)ccc1C. The van der Waals surface area contributed by atoms with Crippen LogP contribution in [-0.4, -0.2) is 10.9 Å². The highest BCUT2D eigenvalue weighted by atomic mass is 35.5. The van der Waals surface area contributed by atoms with E-state index in [2.05, 4.69) is 11.8 Å². The van der Waals surface area contributed by atoms with E-state index in [1.54, 1.807) is 6.92 Å². The number of rotatable bonds is 2. The summed E-state index contributed by atoms with van der Waals surface area (Å²) >= 11 is 7.19. The molecule has 0 unspecified atom stereocenters. The summed E-state index contributed by atoms with van der Waals surface area (Å²) in [7, 11) is 0. The van der Waals surface area contributed by atoms with E-state index >= 15 is 0 Å². The Hall–Kier alpha value is -0.910. The van der Waals surface area contributed by atoms with E-state index in [1.165, 1.54) is 11.8 Å². The van der Waals surface area contributed by atoms with Gasteiger partial charge in [0.2, 0.25) is 0 Å². The topological polar surface area (TPSA) is 17.1 Å². The van der Waals surface area contributed by atoms with Gasteiger partial charge in [-0.1, -0.05) is 41.3 Å². The first kappa shape index (κ1) is 13.2. The Labute approximate surface area is 106 Å². The Morgan fingerprint density at radius 2 is 2.25 bits per heavy atom. The first-order valence-corrected chi connectivity index (χ1v) is 6.34. The van der Waals surface area contributed by atoms with Crippen molar-refractivity contribution in [2.75, 3.05) is 5.75 Å². The molecule has 0 amide bonds. The van der Waals surface area contributed by atoms with Gasteiger partial charge in [-0.2, -0.15) is 0 Å². The molecule has 0 radical (unpaired) electrons. The first-order chi connectivity index (χ1) is 7.59. The van der Waals surface area contributed by atoms with Crippen molar-refractivity contribution in [1.29, 1.82) is 0 Å². The van der Waals surface area contributed by atoms with Gasteiger partial charge in [-0.05, 0) is 24.6 Å². The van der Waals surface area contributed by atoms with Crippen LogP contribution in [0, 0.1) is 18.8 Å². The van der Waals surface area contributed by atoms with Gasteiger partial charge in [0.25, 0.3) is 0 Å². The molecule has 3 heteroatoms. The van der Waals surface area contributed by atoms with Gasteiger partial charge in [-0.3, -0.25) is 4.79 Å². The van der Waals surface area contributed by atoms with Crippen LogP contribution < -0.4 is 0 Å². The molecule has 1 aromatic rings. The van der Waals surface area contributed by atoms with Crippen molar-refractivity contribution in [2.24, 2.45) is 0 Å². The standard InChI is InChI=1S/C13H13ClOS/c1-10-6-7-13(14)9-12(10)5-3-4-8-16-11(2)15/h6-7,9H,4,8H2,1-2H3. The third-order valence-electron chi connectivity index (χ3n) is 1.96. The number of aryl methyl sites for hydroxylation is 1. The molecule has 0 saturated carbocycles. The Balaban J connectivity index is 2.56. The number of carbonyl (C=O) groups excluding carboxylic acids is 1. The fraction of sp³-hybridized carbons (Fsp3) is 0.308. The average molecular weight is 253 g/mol. The van der Waals surface area contributed by atoms with Crippen LogP contribution in [0.1, 0.15) is 24.5 Å². The molecule has 0 aliphatic heterocycles. The number of hydrogen-bond acceptors (Lipinski definition) is 2. The van der Waals surface area contributed by atoms with Crippen molar-refractivity contribution in [3.05, 3.63) is 34.3 Å². The highest BCUT2D eigenvalue weighted by Crippen LogP contribution is 2.14. The van der Waals surface area contributed by atoms with Crippen molar-refractivity contribution in [3.8, 4) is 11.8 Å². The monoisotopic (exact) mass is 252 g/mol. The molecule has 0 heterocycles. The summed E-state index contributed by atoms with van der Waals surface area (Å²) in [5.74, 6) is 6.86. The van der Waals surface area contributed by atoms with E-state index in [0.717, 1.165) is 23.3 Å². The summed E-state index contributed by atoms with van der Waals surface area (Å²) in [6.07, 6.45) is 0.718. The van der Waals surface area contributed by atoms with Crippen LogP contribution in [0.3, 0.4) is 0 Å². The fourth-order valence-electron chi connectivity index (χ4n) is 1.13. The van der Waals surface area contributed by atoms with E-state index < -0.39 is 0 Å². The largest absolute Gasteiger partial charge is 0.288 e. The molecule has 0 bridgehead atoms. The van der Waals surface area contributed by atoms with Crippen molar-refractivity contribution < 1.29 is 4.79 Å². The minimum atomic E-state index is 0.140. The lowest BCUT2D eigenvalue weighted by atomic mass is 10.1. The normalized spacial score (nSPS) is 9.44. The summed E-state index contributed by atoms with van der Waals surface area (Å²) < 4.78 is 0. The van der Waals surface area contributed by atoms with E-state index in [0.29, 0.717) is 5.02 Å². The van der Waals surface area contributed by atoms with Crippen LogP contribution in [0.4, 0.5) is 0 Å². The molecule has 0 aliphatic carbocycles. The fourth-order valence-corrected chi connectivity index (χ4v) is 1.80. The lowest BCUT2D eigenvalue weighted by Gasteiger charge is -1.97. The third-order valence-corrected chi connectivity index (χ3v) is 3.00. The average Bonchev–Trinajstić information content (AvgIpc) is 2.22. The molecule has 0 spiro atoms. The van der Waals surface area contributed by atoms with Gasteiger partial charge < -0.3 is 0 Å². The molecule has 0 aliphatic rings. The number of thioether (sulfide) groups is 1. The quantitative estimate of drug-likeness (QED) is 0.590. The zero-order chi connectivity index (χ0) is 12.0. The van der Waals surface area contributed by atoms with Crippen molar-refractivity contribution in [1.82, 2.24) is 0 Å². The number of benzene rings is 1. The molecule has 1 aromatic carbocycles. The maximum Gasteiger partial charge on any atom is 0.185 e. The molecule has 1 nitrogen and oxygen atoms in total. The number of hydrogen-bond donors (Lipinski definition) is 0. The van der Waals surface area contributed by atoms with Crippen molar-refractivity contribution in [2.45, 2.75) is 20.3 Å². The van der Waals surface area contributed by atoms with Crippen LogP contribution >= 0.6 is 23.4 Å².